The molecule has 5 heteroatoms. The lowest BCUT2D eigenvalue weighted by Gasteiger charge is -2.06. The van der Waals surface area contributed by atoms with E-state index in [9.17, 15) is 0 Å². The van der Waals surface area contributed by atoms with Crippen molar-refractivity contribution in [3.05, 3.63) is 40.7 Å². The van der Waals surface area contributed by atoms with E-state index in [0.717, 1.165) is 16.7 Å². The molecular formula is C12H16N4S. The monoisotopic (exact) mass is 248 g/mol. The van der Waals surface area contributed by atoms with Crippen molar-refractivity contribution in [2.24, 2.45) is 0 Å². The highest BCUT2D eigenvalue weighted by Crippen LogP contribution is 2.22. The van der Waals surface area contributed by atoms with Gasteiger partial charge in [0.05, 0.1) is 0 Å². The summed E-state index contributed by atoms with van der Waals surface area (Å²) < 4.78 is 1.52. The van der Waals surface area contributed by atoms with Gasteiger partial charge in [0.2, 0.25) is 5.16 Å². The fraction of sp³-hybridized carbons (Fsp3) is 0.333. The van der Waals surface area contributed by atoms with Gasteiger partial charge in [0, 0.05) is 5.75 Å². The maximum Gasteiger partial charge on any atom is 0.210 e. The minimum atomic E-state index is 0.730. The molecule has 1 heterocycles. The molecule has 0 saturated carbocycles. The Morgan fingerprint density at radius 1 is 1.24 bits per heavy atom. The van der Waals surface area contributed by atoms with Gasteiger partial charge in [-0.05, 0) is 31.9 Å². The summed E-state index contributed by atoms with van der Waals surface area (Å²) in [6.45, 7) is 6.06. The molecule has 0 saturated heterocycles. The molecule has 0 aliphatic heterocycles. The van der Waals surface area contributed by atoms with E-state index in [0.29, 0.717) is 0 Å². The number of aryl methyl sites for hydroxylation is 3. The molecule has 0 spiro atoms. The maximum absolute atomic E-state index is 5.81. The summed E-state index contributed by atoms with van der Waals surface area (Å²) in [4.78, 5) is 0. The first-order valence-electron chi connectivity index (χ1n) is 5.44. The third-order valence-corrected chi connectivity index (χ3v) is 3.69. The number of rotatable bonds is 3. The van der Waals surface area contributed by atoms with Crippen molar-refractivity contribution in [3.8, 4) is 0 Å². The van der Waals surface area contributed by atoms with Crippen LogP contribution < -0.4 is 5.84 Å². The highest BCUT2D eigenvalue weighted by molar-refractivity contribution is 7.98. The van der Waals surface area contributed by atoms with Gasteiger partial charge in [0.1, 0.15) is 5.82 Å². The van der Waals surface area contributed by atoms with Gasteiger partial charge in [-0.1, -0.05) is 35.5 Å². The summed E-state index contributed by atoms with van der Waals surface area (Å²) in [5.74, 6) is 7.40. The molecule has 0 radical (unpaired) electrons. The van der Waals surface area contributed by atoms with Crippen molar-refractivity contribution in [3.63, 3.8) is 0 Å². The highest BCUT2D eigenvalue weighted by Gasteiger charge is 2.07. The van der Waals surface area contributed by atoms with Gasteiger partial charge >= 0.3 is 0 Å². The molecule has 0 bridgehead atoms. The molecule has 17 heavy (non-hydrogen) atoms. The zero-order valence-electron chi connectivity index (χ0n) is 10.3. The summed E-state index contributed by atoms with van der Waals surface area (Å²) >= 11 is 1.61. The van der Waals surface area contributed by atoms with Crippen LogP contribution in [-0.2, 0) is 5.75 Å². The summed E-state index contributed by atoms with van der Waals surface area (Å²) in [6.07, 6.45) is 0. The number of hydrogen-bond donors (Lipinski definition) is 1. The van der Waals surface area contributed by atoms with Crippen LogP contribution in [0.1, 0.15) is 22.5 Å². The van der Waals surface area contributed by atoms with Gasteiger partial charge in [0.25, 0.3) is 0 Å². The first kappa shape index (κ1) is 12.0. The number of thioether (sulfide) groups is 1. The van der Waals surface area contributed by atoms with Gasteiger partial charge in [-0.2, -0.15) is 0 Å². The van der Waals surface area contributed by atoms with E-state index in [1.54, 1.807) is 11.8 Å². The van der Waals surface area contributed by atoms with E-state index < -0.39 is 0 Å². The largest absolute Gasteiger partial charge is 0.336 e. The lowest BCUT2D eigenvalue weighted by Crippen LogP contribution is -2.11. The van der Waals surface area contributed by atoms with E-state index in [-0.39, 0.29) is 0 Å². The first-order valence-corrected chi connectivity index (χ1v) is 6.42. The molecule has 0 atom stereocenters. The van der Waals surface area contributed by atoms with Gasteiger partial charge < -0.3 is 5.84 Å². The molecule has 0 aliphatic rings. The summed E-state index contributed by atoms with van der Waals surface area (Å²) in [7, 11) is 0. The van der Waals surface area contributed by atoms with Crippen LogP contribution in [-0.4, -0.2) is 14.9 Å². The molecule has 4 nitrogen and oxygen atoms in total. The Kier molecular flexibility index (Phi) is 3.38. The van der Waals surface area contributed by atoms with E-state index in [2.05, 4.69) is 42.2 Å². The normalized spacial score (nSPS) is 10.8. The minimum Gasteiger partial charge on any atom is -0.336 e. The second kappa shape index (κ2) is 4.79. The van der Waals surface area contributed by atoms with Crippen LogP contribution in [0.15, 0.2) is 23.4 Å². The third-order valence-electron chi connectivity index (χ3n) is 2.70. The number of nitrogens with two attached hydrogens (primary N) is 1. The Bertz CT molecular complexity index is 533. The van der Waals surface area contributed by atoms with Crippen LogP contribution in [0.25, 0.3) is 0 Å². The molecular weight excluding hydrogens is 232 g/mol. The van der Waals surface area contributed by atoms with E-state index in [1.807, 2.05) is 6.92 Å². The molecule has 1 aromatic carbocycles. The van der Waals surface area contributed by atoms with Gasteiger partial charge in [0.15, 0.2) is 0 Å². The Hall–Kier alpha value is -1.49. The number of nitrogen functional groups attached to an aromatic ring is 1. The Morgan fingerprint density at radius 2 is 2.00 bits per heavy atom. The topological polar surface area (TPSA) is 56.7 Å². The first-order chi connectivity index (χ1) is 8.08. The van der Waals surface area contributed by atoms with Crippen molar-refractivity contribution in [2.45, 2.75) is 31.7 Å². The van der Waals surface area contributed by atoms with Crippen LogP contribution in [0.3, 0.4) is 0 Å². The van der Waals surface area contributed by atoms with Crippen LogP contribution in [0.2, 0.25) is 0 Å². The molecule has 2 aromatic rings. The minimum absolute atomic E-state index is 0.730. The van der Waals surface area contributed by atoms with E-state index in [4.69, 9.17) is 5.84 Å². The molecule has 0 unspecified atom stereocenters. The maximum atomic E-state index is 5.81. The summed E-state index contributed by atoms with van der Waals surface area (Å²) in [5, 5.41) is 8.72. The molecule has 1 aromatic heterocycles. The molecule has 0 aliphatic carbocycles. The predicted molar refractivity (Wildman–Crippen MR) is 70.4 cm³/mol. The lowest BCUT2D eigenvalue weighted by molar-refractivity contribution is 0.825. The van der Waals surface area contributed by atoms with Crippen molar-refractivity contribution in [1.29, 1.82) is 0 Å². The SMILES string of the molecule is Cc1ccc(C)c(CSc2nnc(C)n2N)c1. The third kappa shape index (κ3) is 2.61. The number of hydrogen-bond acceptors (Lipinski definition) is 4. The quantitative estimate of drug-likeness (QED) is 0.668. The van der Waals surface area contributed by atoms with Gasteiger partial charge in [-0.3, -0.25) is 0 Å². The van der Waals surface area contributed by atoms with Crippen LogP contribution in [0, 0.1) is 20.8 Å². The molecule has 0 fully saturated rings. The van der Waals surface area contributed by atoms with Crippen LogP contribution in [0.5, 0.6) is 0 Å². The number of aromatic nitrogens is 3. The van der Waals surface area contributed by atoms with E-state index in [1.165, 1.54) is 21.4 Å². The average molecular weight is 248 g/mol. The average Bonchev–Trinajstić information content (AvgIpc) is 2.62. The van der Waals surface area contributed by atoms with Crippen molar-refractivity contribution in [2.75, 3.05) is 5.84 Å². The predicted octanol–water partition coefficient (Wildman–Crippen LogP) is 2.21. The van der Waals surface area contributed by atoms with E-state index >= 15 is 0 Å². The Labute approximate surface area is 105 Å². The Balaban J connectivity index is 2.12. The zero-order chi connectivity index (χ0) is 12.4. The summed E-state index contributed by atoms with van der Waals surface area (Å²) in [6, 6.07) is 6.47. The Morgan fingerprint density at radius 3 is 2.65 bits per heavy atom. The zero-order valence-corrected chi connectivity index (χ0v) is 11.1. The van der Waals surface area contributed by atoms with Crippen molar-refractivity contribution >= 4 is 11.8 Å². The van der Waals surface area contributed by atoms with Crippen LogP contribution >= 0.6 is 11.8 Å². The fourth-order valence-corrected chi connectivity index (χ4v) is 2.51. The fourth-order valence-electron chi connectivity index (χ4n) is 1.55. The second-order valence-electron chi connectivity index (χ2n) is 4.12. The molecule has 2 rings (SSSR count). The van der Waals surface area contributed by atoms with Crippen molar-refractivity contribution in [1.82, 2.24) is 14.9 Å². The molecule has 2 N–H and O–H groups in total. The van der Waals surface area contributed by atoms with Gasteiger partial charge in [-0.25, -0.2) is 4.68 Å². The van der Waals surface area contributed by atoms with Crippen LogP contribution in [0.4, 0.5) is 0 Å². The second-order valence-corrected chi connectivity index (χ2v) is 5.06. The highest BCUT2D eigenvalue weighted by atomic mass is 32.2. The van der Waals surface area contributed by atoms with Crippen molar-refractivity contribution < 1.29 is 0 Å². The molecule has 90 valence electrons. The standard InChI is InChI=1S/C12H16N4S/c1-8-4-5-9(2)11(6-8)7-17-12-15-14-10(3)16(12)13/h4-6H,7,13H2,1-3H3. The molecule has 0 amide bonds. The lowest BCUT2D eigenvalue weighted by atomic mass is 10.1. The summed E-state index contributed by atoms with van der Waals surface area (Å²) in [5.41, 5.74) is 3.88. The smallest absolute Gasteiger partial charge is 0.210 e. The van der Waals surface area contributed by atoms with Gasteiger partial charge in [-0.15, -0.1) is 10.2 Å². The number of benzene rings is 1. The number of nitrogens with zero attached hydrogens (tertiary/aromatic N) is 3.